The third-order valence-electron chi connectivity index (χ3n) is 3.98. The van der Waals surface area contributed by atoms with Crippen LogP contribution in [0, 0.1) is 0 Å². The molecular formula is C21H30N2O. The summed E-state index contributed by atoms with van der Waals surface area (Å²) in [4.78, 5) is 0. The molecular weight excluding hydrogens is 296 g/mol. The SMILES string of the molecule is CCOc1ccccc1CNCCNCCCCc1ccccc1. The Morgan fingerprint density at radius 3 is 2.38 bits per heavy atom. The molecule has 0 aliphatic rings. The van der Waals surface area contributed by atoms with Gasteiger partial charge in [-0.25, -0.2) is 0 Å². The fraction of sp³-hybridized carbons (Fsp3) is 0.429. The van der Waals surface area contributed by atoms with Crippen molar-refractivity contribution in [2.75, 3.05) is 26.2 Å². The highest BCUT2D eigenvalue weighted by molar-refractivity contribution is 5.33. The molecule has 2 aromatic carbocycles. The van der Waals surface area contributed by atoms with Gasteiger partial charge in [-0.05, 0) is 44.4 Å². The highest BCUT2D eigenvalue weighted by Gasteiger charge is 2.01. The largest absolute Gasteiger partial charge is 0.494 e. The Balaban J connectivity index is 1.48. The van der Waals surface area contributed by atoms with E-state index in [1.165, 1.54) is 30.4 Å². The summed E-state index contributed by atoms with van der Waals surface area (Å²) in [5, 5.41) is 6.98. The van der Waals surface area contributed by atoms with Crippen LogP contribution >= 0.6 is 0 Å². The Kier molecular flexibility index (Phi) is 8.99. The number of para-hydroxylation sites is 1. The van der Waals surface area contributed by atoms with Gasteiger partial charge in [0.15, 0.2) is 0 Å². The summed E-state index contributed by atoms with van der Waals surface area (Å²) >= 11 is 0. The molecule has 0 bridgehead atoms. The Labute approximate surface area is 146 Å². The molecule has 0 spiro atoms. The van der Waals surface area contributed by atoms with Crippen molar-refractivity contribution in [2.24, 2.45) is 0 Å². The maximum atomic E-state index is 5.64. The van der Waals surface area contributed by atoms with E-state index in [1.807, 2.05) is 19.1 Å². The summed E-state index contributed by atoms with van der Waals surface area (Å²) in [6, 6.07) is 18.9. The summed E-state index contributed by atoms with van der Waals surface area (Å²) in [5.41, 5.74) is 2.66. The molecule has 0 radical (unpaired) electrons. The minimum atomic E-state index is 0.710. The van der Waals surface area contributed by atoms with Gasteiger partial charge in [0.1, 0.15) is 5.75 Å². The molecule has 0 aliphatic heterocycles. The molecule has 0 saturated carbocycles. The zero-order chi connectivity index (χ0) is 16.9. The number of benzene rings is 2. The predicted octanol–water partition coefficient (Wildman–Crippen LogP) is 3.79. The van der Waals surface area contributed by atoms with E-state index in [4.69, 9.17) is 4.74 Å². The van der Waals surface area contributed by atoms with Crippen LogP contribution in [0.15, 0.2) is 54.6 Å². The molecule has 2 N–H and O–H groups in total. The maximum absolute atomic E-state index is 5.64. The topological polar surface area (TPSA) is 33.3 Å². The molecule has 0 aliphatic carbocycles. The van der Waals surface area contributed by atoms with E-state index in [2.05, 4.69) is 53.1 Å². The molecule has 0 heterocycles. The minimum Gasteiger partial charge on any atom is -0.494 e. The van der Waals surface area contributed by atoms with Crippen molar-refractivity contribution in [1.29, 1.82) is 0 Å². The molecule has 0 atom stereocenters. The first-order chi connectivity index (χ1) is 11.9. The van der Waals surface area contributed by atoms with Crippen LogP contribution in [0.4, 0.5) is 0 Å². The summed E-state index contributed by atoms with van der Waals surface area (Å²) in [6.07, 6.45) is 3.64. The Morgan fingerprint density at radius 2 is 1.54 bits per heavy atom. The summed E-state index contributed by atoms with van der Waals surface area (Å²) < 4.78 is 5.64. The first-order valence-electron chi connectivity index (χ1n) is 9.06. The molecule has 0 unspecified atom stereocenters. The van der Waals surface area contributed by atoms with Crippen molar-refractivity contribution in [1.82, 2.24) is 10.6 Å². The van der Waals surface area contributed by atoms with Crippen molar-refractivity contribution in [3.05, 3.63) is 65.7 Å². The second-order valence-corrected chi connectivity index (χ2v) is 5.91. The highest BCUT2D eigenvalue weighted by Crippen LogP contribution is 2.17. The van der Waals surface area contributed by atoms with Gasteiger partial charge >= 0.3 is 0 Å². The van der Waals surface area contributed by atoms with Gasteiger partial charge in [-0.2, -0.15) is 0 Å². The third kappa shape index (κ3) is 7.16. The van der Waals surface area contributed by atoms with Crippen LogP contribution in [0.2, 0.25) is 0 Å². The second kappa shape index (κ2) is 11.7. The molecule has 2 rings (SSSR count). The molecule has 130 valence electrons. The standard InChI is InChI=1S/C21H30N2O/c1-2-24-21-14-7-6-13-20(21)18-23-17-16-22-15-9-8-12-19-10-4-3-5-11-19/h3-7,10-11,13-14,22-23H,2,8-9,12,15-18H2,1H3. The lowest BCUT2D eigenvalue weighted by molar-refractivity contribution is 0.335. The van der Waals surface area contributed by atoms with Gasteiger partial charge in [-0.1, -0.05) is 48.5 Å². The van der Waals surface area contributed by atoms with Crippen molar-refractivity contribution in [3.8, 4) is 5.75 Å². The quantitative estimate of drug-likeness (QED) is 0.582. The molecule has 2 aromatic rings. The third-order valence-corrected chi connectivity index (χ3v) is 3.98. The number of unbranched alkanes of at least 4 members (excludes halogenated alkanes) is 1. The number of rotatable bonds is 12. The first kappa shape index (κ1) is 18.5. The van der Waals surface area contributed by atoms with E-state index in [1.54, 1.807) is 0 Å². The van der Waals surface area contributed by atoms with E-state index in [-0.39, 0.29) is 0 Å². The van der Waals surface area contributed by atoms with Gasteiger partial charge < -0.3 is 15.4 Å². The van der Waals surface area contributed by atoms with E-state index in [0.29, 0.717) is 6.61 Å². The van der Waals surface area contributed by atoms with Gasteiger partial charge in [0.25, 0.3) is 0 Å². The molecule has 3 heteroatoms. The molecule has 24 heavy (non-hydrogen) atoms. The number of ether oxygens (including phenoxy) is 1. The Hall–Kier alpha value is -1.84. The Morgan fingerprint density at radius 1 is 0.792 bits per heavy atom. The Bertz CT molecular complexity index is 557. The van der Waals surface area contributed by atoms with E-state index in [9.17, 15) is 0 Å². The van der Waals surface area contributed by atoms with Crippen LogP contribution < -0.4 is 15.4 Å². The zero-order valence-electron chi connectivity index (χ0n) is 14.8. The van der Waals surface area contributed by atoms with Crippen LogP contribution in [0.25, 0.3) is 0 Å². The van der Waals surface area contributed by atoms with Crippen LogP contribution in [0.1, 0.15) is 30.9 Å². The van der Waals surface area contributed by atoms with Gasteiger partial charge in [0.05, 0.1) is 6.61 Å². The average Bonchev–Trinajstić information content (AvgIpc) is 2.63. The fourth-order valence-corrected chi connectivity index (χ4v) is 2.69. The fourth-order valence-electron chi connectivity index (χ4n) is 2.69. The van der Waals surface area contributed by atoms with E-state index >= 15 is 0 Å². The second-order valence-electron chi connectivity index (χ2n) is 5.91. The number of nitrogens with one attached hydrogen (secondary N) is 2. The van der Waals surface area contributed by atoms with Gasteiger partial charge in [-0.15, -0.1) is 0 Å². The lowest BCUT2D eigenvalue weighted by atomic mass is 10.1. The van der Waals surface area contributed by atoms with Crippen molar-refractivity contribution in [2.45, 2.75) is 32.7 Å². The lowest BCUT2D eigenvalue weighted by Crippen LogP contribution is -2.27. The van der Waals surface area contributed by atoms with Crippen LogP contribution in [-0.4, -0.2) is 26.2 Å². The minimum absolute atomic E-state index is 0.710. The number of aryl methyl sites for hydroxylation is 1. The van der Waals surface area contributed by atoms with E-state index < -0.39 is 0 Å². The summed E-state index contributed by atoms with van der Waals surface area (Å²) in [6.45, 7) is 6.64. The van der Waals surface area contributed by atoms with Gasteiger partial charge in [0.2, 0.25) is 0 Å². The molecule has 0 fully saturated rings. The average molecular weight is 326 g/mol. The molecule has 0 amide bonds. The predicted molar refractivity (Wildman–Crippen MR) is 102 cm³/mol. The van der Waals surface area contributed by atoms with Gasteiger partial charge in [0, 0.05) is 25.2 Å². The molecule has 0 saturated heterocycles. The van der Waals surface area contributed by atoms with Crippen LogP contribution in [0.3, 0.4) is 0 Å². The van der Waals surface area contributed by atoms with Crippen LogP contribution in [0.5, 0.6) is 5.75 Å². The summed E-state index contributed by atoms with van der Waals surface area (Å²) in [5.74, 6) is 0.987. The van der Waals surface area contributed by atoms with E-state index in [0.717, 1.165) is 31.9 Å². The normalized spacial score (nSPS) is 10.7. The monoisotopic (exact) mass is 326 g/mol. The molecule has 0 aromatic heterocycles. The van der Waals surface area contributed by atoms with Gasteiger partial charge in [-0.3, -0.25) is 0 Å². The number of hydrogen-bond acceptors (Lipinski definition) is 3. The highest BCUT2D eigenvalue weighted by atomic mass is 16.5. The number of hydrogen-bond donors (Lipinski definition) is 2. The first-order valence-corrected chi connectivity index (χ1v) is 9.06. The van der Waals surface area contributed by atoms with Crippen molar-refractivity contribution < 1.29 is 4.74 Å². The van der Waals surface area contributed by atoms with Crippen molar-refractivity contribution in [3.63, 3.8) is 0 Å². The van der Waals surface area contributed by atoms with Crippen LogP contribution in [-0.2, 0) is 13.0 Å². The maximum Gasteiger partial charge on any atom is 0.123 e. The zero-order valence-corrected chi connectivity index (χ0v) is 14.8. The smallest absolute Gasteiger partial charge is 0.123 e. The summed E-state index contributed by atoms with van der Waals surface area (Å²) in [7, 11) is 0. The lowest BCUT2D eigenvalue weighted by Gasteiger charge is -2.11. The van der Waals surface area contributed by atoms with Crippen molar-refractivity contribution >= 4 is 0 Å². The molecule has 3 nitrogen and oxygen atoms in total.